The fraction of sp³-hybridized carbons (Fsp3) is 0.390. The molecule has 2 aromatic heterocycles. The molecule has 10 nitrogen and oxygen atoms in total. The smallest absolute Gasteiger partial charge is 0.306 e. The van der Waals surface area contributed by atoms with Crippen LogP contribution < -0.4 is 10.7 Å². The summed E-state index contributed by atoms with van der Waals surface area (Å²) in [4.78, 5) is 64.9. The van der Waals surface area contributed by atoms with Crippen LogP contribution in [0.2, 0.25) is 0 Å². The van der Waals surface area contributed by atoms with Gasteiger partial charge in [0.25, 0.3) is 11.8 Å². The van der Waals surface area contributed by atoms with Crippen molar-refractivity contribution in [1.29, 1.82) is 0 Å². The van der Waals surface area contributed by atoms with Crippen LogP contribution in [-0.4, -0.2) is 64.1 Å². The Kier molecular flexibility index (Phi) is 10.7. The summed E-state index contributed by atoms with van der Waals surface area (Å²) in [6, 6.07) is 0. The predicted octanol–water partition coefficient (Wildman–Crippen LogP) is 4.77. The van der Waals surface area contributed by atoms with Crippen LogP contribution in [0.3, 0.4) is 0 Å². The Hall–Kier alpha value is -5.25. The number of nitrogens with zero attached hydrogens (tertiary/aromatic N) is 2. The third-order valence-electron chi connectivity index (χ3n) is 10.2. The molecule has 0 saturated heterocycles. The lowest BCUT2D eigenvalue weighted by Gasteiger charge is -2.17. The van der Waals surface area contributed by atoms with E-state index in [1.54, 1.807) is 12.2 Å². The van der Waals surface area contributed by atoms with Crippen LogP contribution in [0, 0.1) is 0 Å². The summed E-state index contributed by atoms with van der Waals surface area (Å²) in [7, 11) is 0. The highest BCUT2D eigenvalue weighted by atomic mass is 16.5. The molecular formula is C41H46N4O6. The number of hydrogen-bond acceptors (Lipinski definition) is 6. The maximum absolute atomic E-state index is 13.3. The van der Waals surface area contributed by atoms with E-state index in [1.165, 1.54) is 0 Å². The molecule has 0 spiro atoms. The average molecular weight is 691 g/mol. The van der Waals surface area contributed by atoms with Gasteiger partial charge in [0.05, 0.1) is 5.71 Å². The van der Waals surface area contributed by atoms with E-state index in [4.69, 9.17) is 9.47 Å². The molecule has 0 fully saturated rings. The summed E-state index contributed by atoms with van der Waals surface area (Å²) < 4.78 is 10.6. The summed E-state index contributed by atoms with van der Waals surface area (Å²) in [6.07, 6.45) is 14.7. The van der Waals surface area contributed by atoms with Crippen molar-refractivity contribution in [2.24, 2.45) is 4.99 Å². The van der Waals surface area contributed by atoms with Crippen molar-refractivity contribution in [2.45, 2.75) is 85.0 Å². The van der Waals surface area contributed by atoms with Gasteiger partial charge in [-0.25, -0.2) is 4.99 Å². The molecule has 4 aliphatic rings. The second kappa shape index (κ2) is 15.3. The molecule has 0 unspecified atom stereocenters. The first-order chi connectivity index (χ1) is 24.7. The van der Waals surface area contributed by atoms with E-state index in [0.29, 0.717) is 44.4 Å². The van der Waals surface area contributed by atoms with E-state index in [-0.39, 0.29) is 49.8 Å². The normalized spacial score (nSPS) is 17.7. The first-order valence-electron chi connectivity index (χ1n) is 18.0. The van der Waals surface area contributed by atoms with Crippen LogP contribution in [0.25, 0.3) is 18.2 Å². The van der Waals surface area contributed by atoms with Gasteiger partial charge in [-0.05, 0) is 110 Å². The van der Waals surface area contributed by atoms with Crippen molar-refractivity contribution < 1.29 is 28.7 Å². The molecule has 51 heavy (non-hydrogen) atoms. The van der Waals surface area contributed by atoms with Gasteiger partial charge in [0, 0.05) is 58.3 Å². The Morgan fingerprint density at radius 2 is 1.59 bits per heavy atom. The number of aromatic amines is 2. The fourth-order valence-corrected chi connectivity index (χ4v) is 7.77. The number of nitrogens with one attached hydrogen (secondary N) is 2. The zero-order chi connectivity index (χ0) is 36.2. The summed E-state index contributed by atoms with van der Waals surface area (Å²) in [6.45, 7) is 14.1. The molecule has 266 valence electrons. The molecule has 0 aromatic carbocycles. The molecule has 0 atom stereocenters. The highest BCUT2D eigenvalue weighted by Crippen LogP contribution is 2.37. The first kappa shape index (κ1) is 35.6. The molecule has 6 rings (SSSR count). The van der Waals surface area contributed by atoms with Gasteiger partial charge in [0.2, 0.25) is 0 Å². The van der Waals surface area contributed by atoms with Crippen molar-refractivity contribution in [1.82, 2.24) is 14.9 Å². The Bertz CT molecular complexity index is 2080. The van der Waals surface area contributed by atoms with E-state index in [0.717, 1.165) is 91.6 Å². The van der Waals surface area contributed by atoms with Gasteiger partial charge in [0.1, 0.15) is 13.2 Å². The van der Waals surface area contributed by atoms with Crippen molar-refractivity contribution in [3.63, 3.8) is 0 Å². The van der Waals surface area contributed by atoms with Crippen LogP contribution in [-0.2, 0) is 54.3 Å². The highest BCUT2D eigenvalue weighted by Gasteiger charge is 2.34. The minimum atomic E-state index is -0.316. The number of allylic oxidation sites excluding steroid dienone is 2. The molecule has 2 amide bonds. The van der Waals surface area contributed by atoms with Crippen LogP contribution in [0.1, 0.15) is 92.9 Å². The average Bonchev–Trinajstić information content (AvgIpc) is 3.72. The van der Waals surface area contributed by atoms with Gasteiger partial charge in [-0.3, -0.25) is 19.2 Å². The van der Waals surface area contributed by atoms with Crippen LogP contribution >= 0.6 is 0 Å². The number of esters is 2. The molecule has 2 N–H and O–H groups in total. The second-order valence-electron chi connectivity index (χ2n) is 13.2. The van der Waals surface area contributed by atoms with Crippen molar-refractivity contribution in [3.8, 4) is 0 Å². The number of ether oxygens (including phenoxy) is 2. The first-order valence-corrected chi connectivity index (χ1v) is 18.0. The minimum absolute atomic E-state index is 0.0571. The minimum Gasteiger partial charge on any atom is -0.461 e. The monoisotopic (exact) mass is 690 g/mol. The zero-order valence-corrected chi connectivity index (χ0v) is 29.8. The van der Waals surface area contributed by atoms with Gasteiger partial charge in [-0.1, -0.05) is 39.2 Å². The largest absolute Gasteiger partial charge is 0.461 e. The quantitative estimate of drug-likeness (QED) is 0.230. The summed E-state index contributed by atoms with van der Waals surface area (Å²) in [5.74, 6) is -0.732. The van der Waals surface area contributed by atoms with Gasteiger partial charge in [-0.2, -0.15) is 0 Å². The second-order valence-corrected chi connectivity index (χ2v) is 13.2. The molecule has 5 heterocycles. The van der Waals surface area contributed by atoms with Crippen LogP contribution in [0.15, 0.2) is 58.3 Å². The zero-order valence-electron chi connectivity index (χ0n) is 29.8. The fourth-order valence-electron chi connectivity index (χ4n) is 7.77. The van der Waals surface area contributed by atoms with E-state index < -0.39 is 0 Å². The van der Waals surface area contributed by atoms with Gasteiger partial charge in [0.15, 0.2) is 0 Å². The lowest BCUT2D eigenvalue weighted by Crippen LogP contribution is -2.27. The lowest BCUT2D eigenvalue weighted by molar-refractivity contribution is -0.143. The number of carbonyl (C=O) groups excluding carboxylic acids is 4. The molecule has 0 bridgehead atoms. The van der Waals surface area contributed by atoms with Crippen molar-refractivity contribution in [3.05, 3.63) is 97.6 Å². The van der Waals surface area contributed by atoms with Crippen molar-refractivity contribution >= 4 is 47.7 Å². The number of aliphatic imine (C=N–C) groups is 1. The Balaban J connectivity index is 1.50. The molecule has 3 aliphatic heterocycles. The SMILES string of the molecule is C=CCOC(=O)CCc1c(/C=c2/[nH]/c3c(c2CCC(=O)OCC=C)CCCC2=C(CC)C(=O)N=C2\C=3)[nH]c2c1CCN1C(=O)C(CC)=C(C)C1=C2. The van der Waals surface area contributed by atoms with Crippen LogP contribution in [0.5, 0.6) is 0 Å². The van der Waals surface area contributed by atoms with Crippen LogP contribution in [0.4, 0.5) is 0 Å². The standard InChI is InChI=1S/C41H46N4O6/c1-6-19-50-38(46)15-13-29-28-12-10-11-27-26(9-4)40(48)44-35(27)22-32(28)42-33(29)21-34-30(14-16-39(47)51-20-7-2)31-17-18-45-37(23-36(31)43-34)24(5)25(8-3)41(45)49/h6-7,21-23,42-43H,1-2,8-20H2,3-5H3/b32-22+,33-21+. The molecule has 10 heteroatoms. The third-order valence-corrected chi connectivity index (χ3v) is 10.2. The van der Waals surface area contributed by atoms with Crippen molar-refractivity contribution in [2.75, 3.05) is 19.8 Å². The number of amides is 2. The van der Waals surface area contributed by atoms with Gasteiger partial charge < -0.3 is 24.3 Å². The molecule has 0 radical (unpaired) electrons. The Morgan fingerprint density at radius 3 is 2.25 bits per heavy atom. The van der Waals surface area contributed by atoms with E-state index in [9.17, 15) is 19.2 Å². The number of rotatable bonds is 13. The predicted molar refractivity (Wildman–Crippen MR) is 197 cm³/mol. The maximum atomic E-state index is 13.3. The molecule has 1 aliphatic carbocycles. The third kappa shape index (κ3) is 7.04. The summed E-state index contributed by atoms with van der Waals surface area (Å²) >= 11 is 0. The topological polar surface area (TPSA) is 134 Å². The number of aromatic nitrogens is 2. The number of H-pyrrole nitrogens is 2. The Morgan fingerprint density at radius 1 is 0.902 bits per heavy atom. The van der Waals surface area contributed by atoms with Gasteiger partial charge in [-0.15, -0.1) is 0 Å². The van der Waals surface area contributed by atoms with E-state index >= 15 is 0 Å². The molecule has 2 aromatic rings. The lowest BCUT2D eigenvalue weighted by atomic mass is 9.92. The summed E-state index contributed by atoms with van der Waals surface area (Å²) in [5, 5.41) is 1.71. The Labute approximate surface area is 298 Å². The molecular weight excluding hydrogens is 644 g/mol. The van der Waals surface area contributed by atoms with Gasteiger partial charge >= 0.3 is 11.9 Å². The summed E-state index contributed by atoms with van der Waals surface area (Å²) in [5.41, 5.74) is 11.1. The van der Waals surface area contributed by atoms with E-state index in [1.807, 2.05) is 31.7 Å². The molecule has 0 saturated carbocycles. The number of fused-ring (bicyclic) bond motifs is 4. The van der Waals surface area contributed by atoms with E-state index in [2.05, 4.69) is 40.3 Å². The number of hydrogen-bond donors (Lipinski definition) is 2. The maximum Gasteiger partial charge on any atom is 0.306 e. The number of carbonyl (C=O) groups is 4. The highest BCUT2D eigenvalue weighted by molar-refractivity contribution is 6.31.